The summed E-state index contributed by atoms with van der Waals surface area (Å²) in [5.41, 5.74) is 3.61. The summed E-state index contributed by atoms with van der Waals surface area (Å²) in [6.07, 6.45) is 7.85. The first kappa shape index (κ1) is 20.2. The van der Waals surface area contributed by atoms with E-state index in [1.54, 1.807) is 10.7 Å². The number of nitrogens with one attached hydrogen (secondary N) is 1. The summed E-state index contributed by atoms with van der Waals surface area (Å²) < 4.78 is 1.73. The van der Waals surface area contributed by atoms with Crippen LogP contribution in [0.4, 0.5) is 11.6 Å². The number of carbonyl (C=O) groups is 1. The zero-order valence-corrected chi connectivity index (χ0v) is 18.1. The number of pyridine rings is 1. The number of benzene rings is 1. The van der Waals surface area contributed by atoms with Crippen molar-refractivity contribution in [3.8, 4) is 0 Å². The molecule has 1 atom stereocenters. The summed E-state index contributed by atoms with van der Waals surface area (Å²) in [7, 11) is 0. The first-order valence-corrected chi connectivity index (χ1v) is 11.2. The summed E-state index contributed by atoms with van der Waals surface area (Å²) in [5, 5.41) is 7.65. The lowest BCUT2D eigenvalue weighted by atomic mass is 10.1. The Hall–Kier alpha value is -3.74. The number of amides is 1. The molecular weight excluding hydrogens is 400 g/mol. The molecule has 5 rings (SSSR count). The summed E-state index contributed by atoms with van der Waals surface area (Å²) in [4.78, 5) is 24.0. The van der Waals surface area contributed by atoms with Crippen molar-refractivity contribution in [2.75, 3.05) is 16.8 Å². The van der Waals surface area contributed by atoms with Gasteiger partial charge in [-0.2, -0.15) is 0 Å². The molecule has 1 aliphatic heterocycles. The molecule has 0 aliphatic carbocycles. The maximum absolute atomic E-state index is 12.6. The molecule has 32 heavy (non-hydrogen) atoms. The molecule has 3 aromatic heterocycles. The summed E-state index contributed by atoms with van der Waals surface area (Å²) in [5.74, 6) is 1.19. The van der Waals surface area contributed by atoms with E-state index in [9.17, 15) is 4.79 Å². The second-order valence-corrected chi connectivity index (χ2v) is 8.13. The van der Waals surface area contributed by atoms with E-state index in [2.05, 4.69) is 33.2 Å². The van der Waals surface area contributed by atoms with Crippen molar-refractivity contribution >= 4 is 23.2 Å². The minimum atomic E-state index is -0.175. The molecular formula is C25H26N6O. The third kappa shape index (κ3) is 4.06. The van der Waals surface area contributed by atoms with Gasteiger partial charge in [0.15, 0.2) is 11.5 Å². The van der Waals surface area contributed by atoms with E-state index in [0.717, 1.165) is 43.7 Å². The zero-order chi connectivity index (χ0) is 21.9. The Balaban J connectivity index is 1.34. The van der Waals surface area contributed by atoms with Crippen molar-refractivity contribution in [3.63, 3.8) is 0 Å². The van der Waals surface area contributed by atoms with Gasteiger partial charge in [0.1, 0.15) is 5.82 Å². The highest BCUT2D eigenvalue weighted by Gasteiger charge is 2.28. The Bertz CT molecular complexity index is 1220. The smallest absolute Gasteiger partial charge is 0.256 e. The largest absolute Gasteiger partial charge is 0.347 e. The first-order chi connectivity index (χ1) is 15.7. The molecule has 1 fully saturated rings. The summed E-state index contributed by atoms with van der Waals surface area (Å²) in [6, 6.07) is 17.9. The lowest BCUT2D eigenvalue weighted by Gasteiger charge is -2.25. The topological polar surface area (TPSA) is 75.4 Å². The third-order valence-corrected chi connectivity index (χ3v) is 5.88. The molecule has 0 saturated carbocycles. The third-order valence-electron chi connectivity index (χ3n) is 5.88. The molecule has 7 nitrogen and oxygen atoms in total. The maximum atomic E-state index is 12.6. The molecule has 7 heteroatoms. The molecule has 0 radical (unpaired) electrons. The van der Waals surface area contributed by atoms with Gasteiger partial charge in [-0.05, 0) is 61.2 Å². The number of anilines is 2. The monoisotopic (exact) mass is 426 g/mol. The van der Waals surface area contributed by atoms with Crippen molar-refractivity contribution in [2.24, 2.45) is 0 Å². The van der Waals surface area contributed by atoms with Crippen LogP contribution in [-0.4, -0.2) is 32.0 Å². The highest BCUT2D eigenvalue weighted by molar-refractivity contribution is 6.03. The van der Waals surface area contributed by atoms with Gasteiger partial charge in [-0.25, -0.2) is 9.50 Å². The van der Waals surface area contributed by atoms with Crippen molar-refractivity contribution in [1.29, 1.82) is 0 Å². The fraction of sp³-hybridized carbons (Fsp3) is 0.280. The Morgan fingerprint density at radius 1 is 1.12 bits per heavy atom. The molecule has 1 saturated heterocycles. The molecule has 1 unspecified atom stereocenters. The molecule has 4 aromatic rings. The van der Waals surface area contributed by atoms with Crippen LogP contribution < -0.4 is 10.2 Å². The van der Waals surface area contributed by atoms with Gasteiger partial charge in [0.25, 0.3) is 5.91 Å². The molecule has 0 bridgehead atoms. The van der Waals surface area contributed by atoms with Crippen LogP contribution in [0.25, 0.3) is 5.65 Å². The molecule has 1 aliphatic rings. The van der Waals surface area contributed by atoms with Gasteiger partial charge in [-0.3, -0.25) is 9.78 Å². The van der Waals surface area contributed by atoms with E-state index in [-0.39, 0.29) is 11.9 Å². The first-order valence-electron chi connectivity index (χ1n) is 11.2. The number of nitrogens with zero attached hydrogens (tertiary/aromatic N) is 5. The van der Waals surface area contributed by atoms with E-state index >= 15 is 0 Å². The number of fused-ring (bicyclic) bond motifs is 1. The van der Waals surface area contributed by atoms with Crippen molar-refractivity contribution in [1.82, 2.24) is 19.6 Å². The highest BCUT2D eigenvalue weighted by Crippen LogP contribution is 2.34. The van der Waals surface area contributed by atoms with E-state index in [1.807, 2.05) is 54.7 Å². The fourth-order valence-electron chi connectivity index (χ4n) is 4.31. The van der Waals surface area contributed by atoms with E-state index in [0.29, 0.717) is 17.0 Å². The maximum Gasteiger partial charge on any atom is 0.256 e. The Labute approximate surface area is 187 Å². The highest BCUT2D eigenvalue weighted by atomic mass is 16.1. The lowest BCUT2D eigenvalue weighted by molar-refractivity contribution is 0.102. The number of carbonyl (C=O) groups excluding carboxylic acids is 1. The quantitative estimate of drug-likeness (QED) is 0.485. The predicted octanol–water partition coefficient (Wildman–Crippen LogP) is 4.67. The molecule has 162 valence electrons. The van der Waals surface area contributed by atoms with Crippen molar-refractivity contribution in [3.05, 3.63) is 83.8 Å². The van der Waals surface area contributed by atoms with E-state index in [4.69, 9.17) is 5.10 Å². The fourth-order valence-corrected chi connectivity index (χ4v) is 4.31. The number of imidazole rings is 1. The van der Waals surface area contributed by atoms with Crippen molar-refractivity contribution in [2.45, 2.75) is 38.6 Å². The van der Waals surface area contributed by atoms with Gasteiger partial charge in [0.05, 0.1) is 17.9 Å². The molecule has 1 aromatic carbocycles. The van der Waals surface area contributed by atoms with Crippen LogP contribution in [0.5, 0.6) is 0 Å². The van der Waals surface area contributed by atoms with E-state index in [1.165, 1.54) is 5.56 Å². The second-order valence-electron chi connectivity index (χ2n) is 8.13. The number of rotatable bonds is 6. The average molecular weight is 427 g/mol. The number of hydrogen-bond acceptors (Lipinski definition) is 5. The lowest BCUT2D eigenvalue weighted by Crippen LogP contribution is -2.24. The number of aromatic nitrogens is 4. The SMILES string of the molecule is CCCc1ccc(C(=O)Nc2cn3nc(N4CCCC4c4ccccn4)ccc3n2)cc1. The Kier molecular flexibility index (Phi) is 5.54. The molecule has 0 spiro atoms. The normalized spacial score (nSPS) is 15.9. The van der Waals surface area contributed by atoms with Gasteiger partial charge in [0, 0.05) is 18.3 Å². The number of aryl methyl sites for hydroxylation is 1. The van der Waals surface area contributed by atoms with Crippen LogP contribution in [-0.2, 0) is 6.42 Å². The average Bonchev–Trinajstić information content (AvgIpc) is 3.46. The van der Waals surface area contributed by atoms with Crippen LogP contribution in [0.15, 0.2) is 67.0 Å². The summed E-state index contributed by atoms with van der Waals surface area (Å²) >= 11 is 0. The van der Waals surface area contributed by atoms with Gasteiger partial charge in [-0.15, -0.1) is 5.10 Å². The zero-order valence-electron chi connectivity index (χ0n) is 18.1. The molecule has 1 N–H and O–H groups in total. The van der Waals surface area contributed by atoms with Crippen LogP contribution in [0.3, 0.4) is 0 Å². The number of hydrogen-bond donors (Lipinski definition) is 1. The predicted molar refractivity (Wildman–Crippen MR) is 125 cm³/mol. The molecule has 4 heterocycles. The van der Waals surface area contributed by atoms with Crippen LogP contribution >= 0.6 is 0 Å². The van der Waals surface area contributed by atoms with Gasteiger partial charge in [-0.1, -0.05) is 31.5 Å². The van der Waals surface area contributed by atoms with Gasteiger partial charge in [0.2, 0.25) is 0 Å². The second kappa shape index (κ2) is 8.78. The van der Waals surface area contributed by atoms with Gasteiger partial charge >= 0.3 is 0 Å². The Morgan fingerprint density at radius 3 is 2.78 bits per heavy atom. The van der Waals surface area contributed by atoms with Gasteiger partial charge < -0.3 is 10.2 Å². The van der Waals surface area contributed by atoms with Crippen LogP contribution in [0.2, 0.25) is 0 Å². The van der Waals surface area contributed by atoms with Crippen LogP contribution in [0, 0.1) is 0 Å². The van der Waals surface area contributed by atoms with Crippen LogP contribution in [0.1, 0.15) is 53.8 Å². The van der Waals surface area contributed by atoms with Crippen molar-refractivity contribution < 1.29 is 4.79 Å². The molecule has 1 amide bonds. The standard InChI is InChI=1S/C25H26N6O/c1-2-6-18-9-11-19(12-10-18)25(32)28-22-17-31-23(27-22)13-14-24(29-31)30-16-5-8-21(30)20-7-3-4-15-26-20/h3-4,7,9-15,17,21H,2,5-6,8,16H2,1H3,(H,28,32). The minimum Gasteiger partial charge on any atom is -0.347 e. The van der Waals surface area contributed by atoms with E-state index < -0.39 is 0 Å². The minimum absolute atomic E-state index is 0.175. The Morgan fingerprint density at radius 2 is 2.00 bits per heavy atom. The summed E-state index contributed by atoms with van der Waals surface area (Å²) in [6.45, 7) is 3.08.